The second-order valence-corrected chi connectivity index (χ2v) is 21.2. The molecular weight excluding hydrogens is 805 g/mol. The maximum absolute atomic E-state index is 12.9. The fourth-order valence-corrected chi connectivity index (χ4v) is 9.05. The number of hydrogen-bond donors (Lipinski definition) is 0. The van der Waals surface area contributed by atoms with Crippen LogP contribution in [0.3, 0.4) is 0 Å². The summed E-state index contributed by atoms with van der Waals surface area (Å²) in [6.07, 6.45) is 55.3. The number of carbonyl (C=O) groups excluding carboxylic acids is 3. The molecule has 0 amide bonds. The molecule has 0 spiro atoms. The summed E-state index contributed by atoms with van der Waals surface area (Å²) in [5.41, 5.74) is 0. The molecule has 0 aliphatic heterocycles. The van der Waals surface area contributed by atoms with Gasteiger partial charge in [-0.15, -0.1) is 0 Å². The lowest BCUT2D eigenvalue weighted by Gasteiger charge is -2.18. The van der Waals surface area contributed by atoms with Gasteiger partial charge in [0.2, 0.25) is 0 Å². The fraction of sp³-hybridized carbons (Fsp3) is 0.949. The fourth-order valence-electron chi connectivity index (χ4n) is 9.05. The minimum Gasteiger partial charge on any atom is -0.462 e. The molecule has 65 heavy (non-hydrogen) atoms. The lowest BCUT2D eigenvalue weighted by molar-refractivity contribution is -0.167. The first-order chi connectivity index (χ1) is 31.7. The van der Waals surface area contributed by atoms with E-state index in [2.05, 4.69) is 34.6 Å². The van der Waals surface area contributed by atoms with Crippen LogP contribution in [0.15, 0.2) is 0 Å². The Labute approximate surface area is 406 Å². The Kier molecular flexibility index (Phi) is 50.5. The van der Waals surface area contributed by atoms with Gasteiger partial charge in [0.25, 0.3) is 0 Å². The summed E-state index contributed by atoms with van der Waals surface area (Å²) >= 11 is 0. The maximum Gasteiger partial charge on any atom is 0.306 e. The average molecular weight is 920 g/mol. The van der Waals surface area contributed by atoms with E-state index >= 15 is 0 Å². The van der Waals surface area contributed by atoms with Crippen LogP contribution in [0.25, 0.3) is 0 Å². The van der Waals surface area contributed by atoms with Gasteiger partial charge in [0.05, 0.1) is 0 Å². The highest BCUT2D eigenvalue weighted by atomic mass is 16.6. The predicted molar refractivity (Wildman–Crippen MR) is 280 cm³/mol. The Balaban J connectivity index is 4.25. The Morgan fingerprint density at radius 1 is 0.292 bits per heavy atom. The quantitative estimate of drug-likeness (QED) is 0.0344. The van der Waals surface area contributed by atoms with Crippen molar-refractivity contribution in [2.45, 2.75) is 336 Å². The van der Waals surface area contributed by atoms with E-state index in [1.54, 1.807) is 0 Å². The van der Waals surface area contributed by atoms with Gasteiger partial charge in [-0.05, 0) is 31.1 Å². The molecule has 6 nitrogen and oxygen atoms in total. The molecule has 0 aromatic rings. The smallest absolute Gasteiger partial charge is 0.306 e. The van der Waals surface area contributed by atoms with E-state index in [-0.39, 0.29) is 31.1 Å². The van der Waals surface area contributed by atoms with Crippen LogP contribution in [0.4, 0.5) is 0 Å². The number of rotatable bonds is 53. The molecule has 0 saturated heterocycles. The van der Waals surface area contributed by atoms with Gasteiger partial charge >= 0.3 is 17.9 Å². The van der Waals surface area contributed by atoms with Crippen LogP contribution in [0, 0.1) is 11.8 Å². The van der Waals surface area contributed by atoms with E-state index in [1.807, 2.05) is 0 Å². The molecule has 0 aliphatic rings. The molecule has 6 heteroatoms. The zero-order valence-corrected chi connectivity index (χ0v) is 44.6. The monoisotopic (exact) mass is 919 g/mol. The van der Waals surface area contributed by atoms with Crippen LogP contribution in [0.5, 0.6) is 0 Å². The molecule has 0 bridgehead atoms. The van der Waals surface area contributed by atoms with Crippen molar-refractivity contribution in [3.63, 3.8) is 0 Å². The first-order valence-corrected chi connectivity index (χ1v) is 29.2. The Bertz CT molecular complexity index is 993. The summed E-state index contributed by atoms with van der Waals surface area (Å²) in [6, 6.07) is 0. The molecule has 0 N–H and O–H groups in total. The first kappa shape index (κ1) is 63.4. The van der Waals surface area contributed by atoms with E-state index < -0.39 is 6.10 Å². The Morgan fingerprint density at radius 2 is 0.508 bits per heavy atom. The number of esters is 3. The van der Waals surface area contributed by atoms with Crippen molar-refractivity contribution in [3.05, 3.63) is 0 Å². The van der Waals surface area contributed by atoms with Crippen LogP contribution in [0.1, 0.15) is 330 Å². The van der Waals surface area contributed by atoms with Crippen LogP contribution in [0.2, 0.25) is 0 Å². The Morgan fingerprint density at radius 3 is 0.754 bits per heavy atom. The SMILES string of the molecule is CCCCCCCCCCCCCCCC(=O)OC[C@H](COC(=O)CCCCCCCCCCCCC(C)C)OC(=O)CCCCCCCCCCCCCCCCCCCCC(C)C. The van der Waals surface area contributed by atoms with Gasteiger partial charge in [-0.3, -0.25) is 14.4 Å². The Hall–Kier alpha value is -1.59. The second kappa shape index (κ2) is 51.8. The molecule has 0 radical (unpaired) electrons. The molecule has 0 rings (SSSR count). The number of hydrogen-bond acceptors (Lipinski definition) is 6. The van der Waals surface area contributed by atoms with Crippen molar-refractivity contribution < 1.29 is 28.6 Å². The molecule has 1 atom stereocenters. The van der Waals surface area contributed by atoms with E-state index in [1.165, 1.54) is 218 Å². The first-order valence-electron chi connectivity index (χ1n) is 29.2. The summed E-state index contributed by atoms with van der Waals surface area (Å²) < 4.78 is 16.9. The normalized spacial score (nSPS) is 12.0. The summed E-state index contributed by atoms with van der Waals surface area (Å²) in [5, 5.41) is 0. The molecule has 0 aromatic heterocycles. The standard InChI is InChI=1S/C59H114O6/c1-6-7-8-9-10-11-12-19-23-29-34-39-44-49-57(60)63-52-56(53-64-58(61)50-45-40-35-30-26-25-28-33-38-43-48-55(4)5)65-59(62)51-46-41-36-31-24-21-18-16-14-13-15-17-20-22-27-32-37-42-47-54(2)3/h54-56H,6-53H2,1-5H3/t56-/m1/s1. The highest BCUT2D eigenvalue weighted by Crippen LogP contribution is 2.18. The van der Waals surface area contributed by atoms with Crippen molar-refractivity contribution in [1.29, 1.82) is 0 Å². The molecule has 0 heterocycles. The van der Waals surface area contributed by atoms with E-state index in [4.69, 9.17) is 14.2 Å². The van der Waals surface area contributed by atoms with E-state index in [0.29, 0.717) is 19.3 Å². The predicted octanol–water partition coefficient (Wildman–Crippen LogP) is 19.3. The van der Waals surface area contributed by atoms with Gasteiger partial charge in [-0.25, -0.2) is 0 Å². The summed E-state index contributed by atoms with van der Waals surface area (Å²) in [6.45, 7) is 11.4. The number of unbranched alkanes of at least 4 members (excludes halogenated alkanes) is 38. The van der Waals surface area contributed by atoms with E-state index in [0.717, 1.165) is 69.6 Å². The van der Waals surface area contributed by atoms with Crippen LogP contribution in [-0.4, -0.2) is 37.2 Å². The minimum atomic E-state index is -0.762. The largest absolute Gasteiger partial charge is 0.462 e. The third-order valence-corrected chi connectivity index (χ3v) is 13.5. The molecule has 0 aliphatic carbocycles. The summed E-state index contributed by atoms with van der Waals surface area (Å²) in [7, 11) is 0. The average Bonchev–Trinajstić information content (AvgIpc) is 3.28. The summed E-state index contributed by atoms with van der Waals surface area (Å²) in [4.78, 5) is 38.1. The molecule has 0 fully saturated rings. The van der Waals surface area contributed by atoms with Gasteiger partial charge in [-0.1, -0.05) is 291 Å². The van der Waals surface area contributed by atoms with Gasteiger partial charge in [-0.2, -0.15) is 0 Å². The summed E-state index contributed by atoms with van der Waals surface area (Å²) in [5.74, 6) is 0.837. The third-order valence-electron chi connectivity index (χ3n) is 13.5. The molecule has 0 unspecified atom stereocenters. The number of carbonyl (C=O) groups is 3. The van der Waals surface area contributed by atoms with Crippen molar-refractivity contribution in [1.82, 2.24) is 0 Å². The highest BCUT2D eigenvalue weighted by Gasteiger charge is 2.19. The minimum absolute atomic E-state index is 0.0627. The van der Waals surface area contributed by atoms with Gasteiger partial charge in [0.1, 0.15) is 13.2 Å². The van der Waals surface area contributed by atoms with Gasteiger partial charge < -0.3 is 14.2 Å². The highest BCUT2D eigenvalue weighted by molar-refractivity contribution is 5.71. The van der Waals surface area contributed by atoms with Crippen LogP contribution < -0.4 is 0 Å². The second-order valence-electron chi connectivity index (χ2n) is 21.2. The molecular formula is C59H114O6. The number of ether oxygens (including phenoxy) is 3. The molecule has 0 saturated carbocycles. The molecule has 0 aromatic carbocycles. The van der Waals surface area contributed by atoms with Crippen LogP contribution >= 0.6 is 0 Å². The zero-order valence-electron chi connectivity index (χ0n) is 44.6. The topological polar surface area (TPSA) is 78.9 Å². The zero-order chi connectivity index (χ0) is 47.5. The van der Waals surface area contributed by atoms with Gasteiger partial charge in [0, 0.05) is 19.3 Å². The van der Waals surface area contributed by atoms with Gasteiger partial charge in [0.15, 0.2) is 6.10 Å². The lowest BCUT2D eigenvalue weighted by atomic mass is 10.0. The van der Waals surface area contributed by atoms with Crippen molar-refractivity contribution in [2.24, 2.45) is 11.8 Å². The third kappa shape index (κ3) is 53.2. The van der Waals surface area contributed by atoms with Crippen molar-refractivity contribution in [3.8, 4) is 0 Å². The lowest BCUT2D eigenvalue weighted by Crippen LogP contribution is -2.30. The van der Waals surface area contributed by atoms with Crippen molar-refractivity contribution in [2.75, 3.05) is 13.2 Å². The maximum atomic E-state index is 12.9. The van der Waals surface area contributed by atoms with Crippen molar-refractivity contribution >= 4 is 17.9 Å². The molecule has 386 valence electrons. The van der Waals surface area contributed by atoms with Crippen LogP contribution in [-0.2, 0) is 28.6 Å². The van der Waals surface area contributed by atoms with E-state index in [9.17, 15) is 14.4 Å².